The van der Waals surface area contributed by atoms with Gasteiger partial charge >= 0.3 is 0 Å². The second-order valence-electron chi connectivity index (χ2n) is 19.8. The maximum absolute atomic E-state index is 2.93. The molecule has 0 N–H and O–H groups in total. The van der Waals surface area contributed by atoms with E-state index in [1.807, 2.05) is 0 Å². The lowest BCUT2D eigenvalue weighted by Crippen LogP contribution is -2.48. The normalized spacial score (nSPS) is 35.1. The van der Waals surface area contributed by atoms with Gasteiger partial charge < -0.3 is 0 Å². The van der Waals surface area contributed by atoms with Gasteiger partial charge in [-0.05, 0) is 122 Å². The molecule has 4 fully saturated rings. The zero-order valence-electron chi connectivity index (χ0n) is 31.7. The zero-order valence-corrected chi connectivity index (χ0v) is 33.5. The SMILES string of the molecule is CC1=C(c2ccc(C(C)(C)C)cc2)C2CC(C3CCCC3)C([Si](C)(C)C3C(C)CC4C(c5ccc(C(C)(C)C)cc5)CCCC43)C2S1. The summed E-state index contributed by atoms with van der Waals surface area (Å²) in [5, 5.41) is 0.815. The van der Waals surface area contributed by atoms with Crippen LogP contribution in [0.5, 0.6) is 0 Å². The van der Waals surface area contributed by atoms with Crippen LogP contribution in [-0.2, 0) is 10.8 Å². The number of rotatable bonds is 5. The van der Waals surface area contributed by atoms with Crippen LogP contribution in [0.25, 0.3) is 5.57 Å². The molecule has 7 rings (SSSR count). The molecule has 2 aromatic carbocycles. The Morgan fingerprint density at radius 2 is 1.23 bits per heavy atom. The van der Waals surface area contributed by atoms with Gasteiger partial charge in [-0.25, -0.2) is 0 Å². The summed E-state index contributed by atoms with van der Waals surface area (Å²) in [5.74, 6) is 6.19. The number of benzene rings is 2. The lowest BCUT2D eigenvalue weighted by Gasteiger charge is -2.48. The summed E-state index contributed by atoms with van der Waals surface area (Å²) >= 11 is 2.35. The Balaban J connectivity index is 1.19. The quantitative estimate of drug-likeness (QED) is 0.286. The number of allylic oxidation sites excluding steroid dienone is 2. The van der Waals surface area contributed by atoms with Crippen molar-refractivity contribution in [2.45, 2.75) is 159 Å². The molecule has 0 spiro atoms. The molecule has 0 radical (unpaired) electrons. The Morgan fingerprint density at radius 3 is 1.83 bits per heavy atom. The third kappa shape index (κ3) is 6.10. The summed E-state index contributed by atoms with van der Waals surface area (Å²) in [7, 11) is -1.63. The summed E-state index contributed by atoms with van der Waals surface area (Å²) < 4.78 is 0. The van der Waals surface area contributed by atoms with E-state index in [1.165, 1.54) is 74.5 Å². The summed E-state index contributed by atoms with van der Waals surface area (Å²) in [6.45, 7) is 25.2. The molecule has 2 aromatic rings. The Morgan fingerprint density at radius 1 is 0.638 bits per heavy atom. The van der Waals surface area contributed by atoms with Crippen molar-refractivity contribution in [1.29, 1.82) is 0 Å². The third-order valence-electron chi connectivity index (χ3n) is 14.6. The highest BCUT2D eigenvalue weighted by molar-refractivity contribution is 8.04. The van der Waals surface area contributed by atoms with Crippen molar-refractivity contribution >= 4 is 25.4 Å². The second kappa shape index (κ2) is 12.5. The minimum atomic E-state index is -1.63. The molecule has 4 aliphatic carbocycles. The highest BCUT2D eigenvalue weighted by Crippen LogP contribution is 2.70. The molecule has 2 heteroatoms. The van der Waals surface area contributed by atoms with Gasteiger partial charge in [0.15, 0.2) is 0 Å². The maximum Gasteiger partial charge on any atom is 0.0556 e. The van der Waals surface area contributed by atoms with Crippen LogP contribution in [0.3, 0.4) is 0 Å². The predicted molar refractivity (Wildman–Crippen MR) is 210 cm³/mol. The molecule has 9 atom stereocenters. The average molecular weight is 667 g/mol. The van der Waals surface area contributed by atoms with Crippen molar-refractivity contribution in [2.75, 3.05) is 0 Å². The van der Waals surface area contributed by atoms with Crippen LogP contribution in [-0.4, -0.2) is 13.3 Å². The van der Waals surface area contributed by atoms with Crippen LogP contribution in [0, 0.1) is 35.5 Å². The minimum absolute atomic E-state index is 0.209. The fourth-order valence-electron chi connectivity index (χ4n) is 12.7. The number of hydrogen-bond donors (Lipinski definition) is 0. The van der Waals surface area contributed by atoms with Crippen molar-refractivity contribution in [3.05, 3.63) is 75.7 Å². The van der Waals surface area contributed by atoms with Crippen LogP contribution in [0.15, 0.2) is 53.4 Å². The van der Waals surface area contributed by atoms with E-state index in [0.29, 0.717) is 0 Å². The molecule has 1 aliphatic heterocycles. The van der Waals surface area contributed by atoms with E-state index in [-0.39, 0.29) is 10.8 Å². The summed E-state index contributed by atoms with van der Waals surface area (Å²) in [6.07, 6.45) is 13.3. The summed E-state index contributed by atoms with van der Waals surface area (Å²) in [4.78, 5) is 1.65. The molecule has 256 valence electrons. The van der Waals surface area contributed by atoms with Gasteiger partial charge in [-0.2, -0.15) is 0 Å². The smallest absolute Gasteiger partial charge is 0.0556 e. The van der Waals surface area contributed by atoms with Crippen molar-refractivity contribution in [3.8, 4) is 0 Å². The minimum Gasteiger partial charge on any atom is -0.127 e. The Bertz CT molecular complexity index is 1440. The van der Waals surface area contributed by atoms with Crippen molar-refractivity contribution in [1.82, 2.24) is 0 Å². The topological polar surface area (TPSA) is 0 Å². The summed E-state index contributed by atoms with van der Waals surface area (Å²) in [5.41, 5.74) is 10.2. The largest absolute Gasteiger partial charge is 0.127 e. The predicted octanol–water partition coefficient (Wildman–Crippen LogP) is 13.6. The molecule has 0 aromatic heterocycles. The average Bonchev–Trinajstić information content (AvgIpc) is 3.78. The van der Waals surface area contributed by atoms with E-state index >= 15 is 0 Å². The van der Waals surface area contributed by atoms with Gasteiger partial charge in [0.2, 0.25) is 0 Å². The lowest BCUT2D eigenvalue weighted by molar-refractivity contribution is 0.234. The molecule has 5 aliphatic rings. The van der Waals surface area contributed by atoms with Crippen LogP contribution in [0.2, 0.25) is 24.2 Å². The van der Waals surface area contributed by atoms with Crippen molar-refractivity contribution in [3.63, 3.8) is 0 Å². The first-order chi connectivity index (χ1) is 22.2. The Kier molecular flexibility index (Phi) is 9.10. The van der Waals surface area contributed by atoms with Crippen molar-refractivity contribution in [2.24, 2.45) is 35.5 Å². The van der Waals surface area contributed by atoms with Gasteiger partial charge in [-0.15, -0.1) is 11.8 Å². The zero-order chi connectivity index (χ0) is 33.5. The van der Waals surface area contributed by atoms with E-state index in [2.05, 4.69) is 129 Å². The van der Waals surface area contributed by atoms with E-state index in [1.54, 1.807) is 16.0 Å². The standard InChI is InChI=1S/C45H66SSi/c1-28-26-38-35(31-18-22-33(23-19-31)44(3,4)5)16-13-17-36(38)42(28)47(9,10)43-37(30-14-11-12-15-30)27-39-40(29(2)46-41(39)43)32-20-24-34(25-21-32)45(6,7)8/h18-25,28,30,35-39,41-43H,11-17,26-27H2,1-10H3. The van der Waals surface area contributed by atoms with Gasteiger partial charge in [-0.1, -0.05) is 149 Å². The first kappa shape index (κ1) is 34.2. The first-order valence-electron chi connectivity index (χ1n) is 19.7. The molecule has 1 heterocycles. The number of fused-ring (bicyclic) bond motifs is 2. The van der Waals surface area contributed by atoms with Gasteiger partial charge in [0, 0.05) is 5.25 Å². The fraction of sp³-hybridized carbons (Fsp3) is 0.689. The first-order valence-corrected chi connectivity index (χ1v) is 23.8. The molecule has 4 saturated carbocycles. The Labute approximate surface area is 294 Å². The molecular weight excluding hydrogens is 601 g/mol. The fourth-order valence-corrected chi connectivity index (χ4v) is 21.7. The lowest BCUT2D eigenvalue weighted by atomic mass is 9.70. The van der Waals surface area contributed by atoms with E-state index < -0.39 is 8.07 Å². The molecule has 9 unspecified atom stereocenters. The third-order valence-corrected chi connectivity index (χ3v) is 21.6. The van der Waals surface area contributed by atoms with E-state index in [0.717, 1.165) is 57.8 Å². The second-order valence-corrected chi connectivity index (χ2v) is 26.1. The van der Waals surface area contributed by atoms with E-state index in [4.69, 9.17) is 0 Å². The molecule has 0 bridgehead atoms. The molecule has 0 nitrogen and oxygen atoms in total. The molecule has 0 amide bonds. The summed E-state index contributed by atoms with van der Waals surface area (Å²) in [6, 6.07) is 19.8. The van der Waals surface area contributed by atoms with Gasteiger partial charge in [0.1, 0.15) is 0 Å². The van der Waals surface area contributed by atoms with Crippen LogP contribution < -0.4 is 0 Å². The van der Waals surface area contributed by atoms with Gasteiger partial charge in [0.25, 0.3) is 0 Å². The molecular formula is C45H66SSi. The number of thioether (sulfide) groups is 1. The monoisotopic (exact) mass is 666 g/mol. The van der Waals surface area contributed by atoms with Crippen LogP contribution >= 0.6 is 11.8 Å². The Hall–Kier alpha value is -1.25. The van der Waals surface area contributed by atoms with E-state index in [9.17, 15) is 0 Å². The van der Waals surface area contributed by atoms with Crippen LogP contribution in [0.1, 0.15) is 141 Å². The number of hydrogen-bond acceptors (Lipinski definition) is 1. The molecule has 0 saturated heterocycles. The van der Waals surface area contributed by atoms with Crippen molar-refractivity contribution < 1.29 is 0 Å². The van der Waals surface area contributed by atoms with Gasteiger partial charge in [-0.3, -0.25) is 0 Å². The maximum atomic E-state index is 2.93. The van der Waals surface area contributed by atoms with Gasteiger partial charge in [0.05, 0.1) is 8.07 Å². The molecule has 47 heavy (non-hydrogen) atoms. The highest BCUT2D eigenvalue weighted by atomic mass is 32.2. The van der Waals surface area contributed by atoms with Crippen LogP contribution in [0.4, 0.5) is 0 Å². The highest BCUT2D eigenvalue weighted by Gasteiger charge is 2.62.